The maximum Gasteiger partial charge on any atom is 0.241 e. The standard InChI is InChI=1S/C13H19N3O2S/c1-3-13(4-2,10-15)16-19(17,18)12-7-5-6-11(8-12)9-14/h5-8,16H,3-4,10,15H2,1-2H3. The summed E-state index contributed by atoms with van der Waals surface area (Å²) in [5, 5.41) is 8.81. The van der Waals surface area contributed by atoms with Crippen LogP contribution in [0.15, 0.2) is 29.2 Å². The Bertz CT molecular complexity index is 564. The molecule has 0 radical (unpaired) electrons. The summed E-state index contributed by atoms with van der Waals surface area (Å²) in [6.45, 7) is 4.02. The van der Waals surface area contributed by atoms with Crippen molar-refractivity contribution in [3.8, 4) is 6.07 Å². The van der Waals surface area contributed by atoms with Gasteiger partial charge in [-0.3, -0.25) is 0 Å². The number of hydrogen-bond donors (Lipinski definition) is 2. The summed E-state index contributed by atoms with van der Waals surface area (Å²) in [6.07, 6.45) is 1.22. The highest BCUT2D eigenvalue weighted by atomic mass is 32.2. The fraction of sp³-hybridized carbons (Fsp3) is 0.462. The first kappa shape index (κ1) is 15.6. The second kappa shape index (κ2) is 6.15. The topological polar surface area (TPSA) is 96.0 Å². The van der Waals surface area contributed by atoms with Crippen LogP contribution < -0.4 is 10.5 Å². The lowest BCUT2D eigenvalue weighted by molar-refractivity contribution is 0.363. The molecule has 0 spiro atoms. The third-order valence-electron chi connectivity index (χ3n) is 3.37. The van der Waals surface area contributed by atoms with Crippen LogP contribution in [0.3, 0.4) is 0 Å². The van der Waals surface area contributed by atoms with E-state index in [0.717, 1.165) is 0 Å². The van der Waals surface area contributed by atoms with Crippen molar-refractivity contribution in [1.82, 2.24) is 4.72 Å². The molecule has 0 amide bonds. The van der Waals surface area contributed by atoms with E-state index in [4.69, 9.17) is 11.0 Å². The van der Waals surface area contributed by atoms with Crippen molar-refractivity contribution in [3.63, 3.8) is 0 Å². The largest absolute Gasteiger partial charge is 0.329 e. The Labute approximate surface area is 114 Å². The highest BCUT2D eigenvalue weighted by molar-refractivity contribution is 7.89. The van der Waals surface area contributed by atoms with Gasteiger partial charge in [-0.05, 0) is 31.0 Å². The molecule has 0 aliphatic carbocycles. The van der Waals surface area contributed by atoms with E-state index in [1.165, 1.54) is 12.1 Å². The SMILES string of the molecule is CCC(CC)(CN)NS(=O)(=O)c1cccc(C#N)c1. The number of rotatable bonds is 6. The normalized spacial score (nSPS) is 12.1. The monoisotopic (exact) mass is 281 g/mol. The summed E-state index contributed by atoms with van der Waals surface area (Å²) < 4.78 is 27.3. The van der Waals surface area contributed by atoms with Crippen molar-refractivity contribution >= 4 is 10.0 Å². The Balaban J connectivity index is 3.14. The predicted molar refractivity (Wildman–Crippen MR) is 73.8 cm³/mol. The second-order valence-electron chi connectivity index (χ2n) is 4.44. The van der Waals surface area contributed by atoms with Gasteiger partial charge in [-0.1, -0.05) is 19.9 Å². The van der Waals surface area contributed by atoms with Crippen molar-refractivity contribution in [3.05, 3.63) is 29.8 Å². The third kappa shape index (κ3) is 3.53. The van der Waals surface area contributed by atoms with E-state index >= 15 is 0 Å². The molecule has 104 valence electrons. The Morgan fingerprint density at radius 1 is 1.37 bits per heavy atom. The summed E-state index contributed by atoms with van der Waals surface area (Å²) in [5.74, 6) is 0. The van der Waals surface area contributed by atoms with Crippen molar-refractivity contribution < 1.29 is 8.42 Å². The molecular formula is C13H19N3O2S. The molecule has 1 rings (SSSR count). The fourth-order valence-electron chi connectivity index (χ4n) is 1.80. The van der Waals surface area contributed by atoms with Gasteiger partial charge in [0.05, 0.1) is 16.5 Å². The van der Waals surface area contributed by atoms with Crippen LogP contribution in [-0.2, 0) is 10.0 Å². The third-order valence-corrected chi connectivity index (χ3v) is 4.94. The number of nitrogens with zero attached hydrogens (tertiary/aromatic N) is 1. The minimum atomic E-state index is -3.67. The molecule has 1 aromatic rings. The average molecular weight is 281 g/mol. The van der Waals surface area contributed by atoms with E-state index in [-0.39, 0.29) is 11.4 Å². The van der Waals surface area contributed by atoms with Gasteiger partial charge in [-0.2, -0.15) is 5.26 Å². The van der Waals surface area contributed by atoms with E-state index in [1.54, 1.807) is 12.1 Å². The zero-order valence-electron chi connectivity index (χ0n) is 11.2. The molecule has 0 atom stereocenters. The Hall–Kier alpha value is -1.42. The quantitative estimate of drug-likeness (QED) is 0.822. The Morgan fingerprint density at radius 3 is 2.47 bits per heavy atom. The van der Waals surface area contributed by atoms with Crippen LogP contribution >= 0.6 is 0 Å². The smallest absolute Gasteiger partial charge is 0.241 e. The maximum absolute atomic E-state index is 12.3. The van der Waals surface area contributed by atoms with Gasteiger partial charge in [0.2, 0.25) is 10.0 Å². The van der Waals surface area contributed by atoms with Gasteiger partial charge in [0.25, 0.3) is 0 Å². The molecule has 0 unspecified atom stereocenters. The molecule has 0 saturated heterocycles. The molecular weight excluding hydrogens is 262 g/mol. The lowest BCUT2D eigenvalue weighted by atomic mass is 9.95. The van der Waals surface area contributed by atoms with Gasteiger partial charge >= 0.3 is 0 Å². The maximum atomic E-state index is 12.3. The number of benzene rings is 1. The number of nitriles is 1. The highest BCUT2D eigenvalue weighted by Gasteiger charge is 2.30. The van der Waals surface area contributed by atoms with Gasteiger partial charge in [0.1, 0.15) is 0 Å². The molecule has 0 aliphatic heterocycles. The van der Waals surface area contributed by atoms with Crippen molar-refractivity contribution in [2.75, 3.05) is 6.54 Å². The zero-order chi connectivity index (χ0) is 14.5. The summed E-state index contributed by atoms with van der Waals surface area (Å²) in [7, 11) is -3.67. The molecule has 3 N–H and O–H groups in total. The first-order valence-corrected chi connectivity index (χ1v) is 7.65. The summed E-state index contributed by atoms with van der Waals surface area (Å²) in [4.78, 5) is 0.0891. The molecule has 5 nitrogen and oxygen atoms in total. The van der Waals surface area contributed by atoms with Gasteiger partial charge in [0, 0.05) is 12.1 Å². The van der Waals surface area contributed by atoms with Gasteiger partial charge in [0.15, 0.2) is 0 Å². The fourth-order valence-corrected chi connectivity index (χ4v) is 3.40. The predicted octanol–water partition coefficient (Wildman–Crippen LogP) is 1.35. The van der Waals surface area contributed by atoms with Crippen molar-refractivity contribution in [2.24, 2.45) is 5.73 Å². The summed E-state index contributed by atoms with van der Waals surface area (Å²) in [6, 6.07) is 7.87. The molecule has 0 saturated carbocycles. The van der Waals surface area contributed by atoms with E-state index in [1.807, 2.05) is 19.9 Å². The van der Waals surface area contributed by atoms with Crippen LogP contribution in [0.2, 0.25) is 0 Å². The average Bonchev–Trinajstić information content (AvgIpc) is 2.45. The molecule has 1 aromatic carbocycles. The van der Waals surface area contributed by atoms with Crippen LogP contribution in [0.5, 0.6) is 0 Å². The van der Waals surface area contributed by atoms with Crippen LogP contribution in [0.25, 0.3) is 0 Å². The molecule has 0 aliphatic rings. The number of sulfonamides is 1. The van der Waals surface area contributed by atoms with E-state index in [9.17, 15) is 8.42 Å². The first-order valence-electron chi connectivity index (χ1n) is 6.17. The second-order valence-corrected chi connectivity index (χ2v) is 6.12. The van der Waals surface area contributed by atoms with E-state index in [2.05, 4.69) is 4.72 Å². The van der Waals surface area contributed by atoms with Crippen molar-refractivity contribution in [1.29, 1.82) is 5.26 Å². The first-order chi connectivity index (χ1) is 8.93. The zero-order valence-corrected chi connectivity index (χ0v) is 12.0. The van der Waals surface area contributed by atoms with Crippen LogP contribution in [0, 0.1) is 11.3 Å². The molecule has 6 heteroatoms. The van der Waals surface area contributed by atoms with Crippen molar-refractivity contribution in [2.45, 2.75) is 37.1 Å². The van der Waals surface area contributed by atoms with E-state index < -0.39 is 15.6 Å². The van der Waals surface area contributed by atoms with Gasteiger partial charge in [-0.15, -0.1) is 0 Å². The lowest BCUT2D eigenvalue weighted by Gasteiger charge is -2.30. The number of hydrogen-bond acceptors (Lipinski definition) is 4. The number of nitrogens with one attached hydrogen (secondary N) is 1. The van der Waals surface area contributed by atoms with Crippen LogP contribution in [0.4, 0.5) is 0 Å². The van der Waals surface area contributed by atoms with Gasteiger partial charge in [-0.25, -0.2) is 13.1 Å². The minimum Gasteiger partial charge on any atom is -0.329 e. The molecule has 0 heterocycles. The van der Waals surface area contributed by atoms with Crippen LogP contribution in [0.1, 0.15) is 32.3 Å². The van der Waals surface area contributed by atoms with Gasteiger partial charge < -0.3 is 5.73 Å². The molecule has 0 aromatic heterocycles. The van der Waals surface area contributed by atoms with Crippen LogP contribution in [-0.4, -0.2) is 20.5 Å². The molecule has 0 fully saturated rings. The minimum absolute atomic E-state index is 0.0891. The Kier molecular flexibility index (Phi) is 5.06. The Morgan fingerprint density at radius 2 is 2.00 bits per heavy atom. The molecule has 19 heavy (non-hydrogen) atoms. The summed E-state index contributed by atoms with van der Waals surface area (Å²) >= 11 is 0. The van der Waals surface area contributed by atoms with E-state index in [0.29, 0.717) is 18.4 Å². The molecule has 0 bridgehead atoms. The number of nitrogens with two attached hydrogens (primary N) is 1. The summed E-state index contributed by atoms with van der Waals surface area (Å²) in [5.41, 5.74) is 5.37. The lowest BCUT2D eigenvalue weighted by Crippen LogP contribution is -2.52. The highest BCUT2D eigenvalue weighted by Crippen LogP contribution is 2.19.